The molecule has 1 rings (SSSR count). The minimum Gasteiger partial charge on any atom is -0.466 e. The van der Waals surface area contributed by atoms with Crippen molar-refractivity contribution < 1.29 is 9.53 Å². The van der Waals surface area contributed by atoms with Gasteiger partial charge in [-0.1, -0.05) is 24.6 Å². The Balaban J connectivity index is 2.20. The summed E-state index contributed by atoms with van der Waals surface area (Å²) in [6, 6.07) is 8.09. The minimum atomic E-state index is -0.138. The van der Waals surface area contributed by atoms with Crippen LogP contribution in [0.1, 0.15) is 25.3 Å². The molecule has 3 nitrogen and oxygen atoms in total. The predicted molar refractivity (Wildman–Crippen MR) is 65.5 cm³/mol. The molecule has 0 aliphatic rings. The van der Waals surface area contributed by atoms with Gasteiger partial charge in [0.1, 0.15) is 0 Å². The molecule has 0 aliphatic carbocycles. The molecular weight excluding hydrogens is 202 g/mol. The van der Waals surface area contributed by atoms with Crippen molar-refractivity contribution in [1.82, 2.24) is 0 Å². The summed E-state index contributed by atoms with van der Waals surface area (Å²) in [4.78, 5) is 11.2. The summed E-state index contributed by atoms with van der Waals surface area (Å²) in [7, 11) is 0. The Morgan fingerprint density at radius 3 is 2.62 bits per heavy atom. The van der Waals surface area contributed by atoms with Gasteiger partial charge in [-0.05, 0) is 25.5 Å². The molecule has 0 aliphatic heterocycles. The third-order valence-corrected chi connectivity index (χ3v) is 2.18. The summed E-state index contributed by atoms with van der Waals surface area (Å²) in [6.45, 7) is 5.17. The van der Waals surface area contributed by atoms with Gasteiger partial charge in [0, 0.05) is 12.2 Å². The zero-order valence-corrected chi connectivity index (χ0v) is 9.95. The Hall–Kier alpha value is -1.51. The lowest BCUT2D eigenvalue weighted by molar-refractivity contribution is -0.143. The van der Waals surface area contributed by atoms with Gasteiger partial charge in [0.2, 0.25) is 0 Å². The van der Waals surface area contributed by atoms with E-state index in [2.05, 4.69) is 5.32 Å². The maximum Gasteiger partial charge on any atom is 0.307 e. The molecule has 0 spiro atoms. The van der Waals surface area contributed by atoms with Crippen LogP contribution in [0.2, 0.25) is 0 Å². The first-order valence-electron chi connectivity index (χ1n) is 5.68. The third kappa shape index (κ3) is 4.82. The number of carbonyl (C=O) groups excluding carboxylic acids is 1. The molecule has 88 valence electrons. The van der Waals surface area contributed by atoms with Crippen LogP contribution in [0.5, 0.6) is 0 Å². The molecule has 1 N–H and O–H groups in total. The minimum absolute atomic E-state index is 0.138. The SMILES string of the molecule is CCCOC(=O)CCNc1ccc(C)cc1. The molecule has 0 unspecified atom stereocenters. The summed E-state index contributed by atoms with van der Waals surface area (Å²) in [6.07, 6.45) is 1.28. The highest BCUT2D eigenvalue weighted by molar-refractivity contribution is 5.70. The molecule has 0 fully saturated rings. The van der Waals surface area contributed by atoms with Gasteiger partial charge in [0.15, 0.2) is 0 Å². The average molecular weight is 221 g/mol. The second-order valence-electron chi connectivity index (χ2n) is 3.76. The first-order chi connectivity index (χ1) is 7.72. The third-order valence-electron chi connectivity index (χ3n) is 2.18. The van der Waals surface area contributed by atoms with Crippen molar-refractivity contribution in [2.24, 2.45) is 0 Å². The smallest absolute Gasteiger partial charge is 0.307 e. The van der Waals surface area contributed by atoms with E-state index >= 15 is 0 Å². The average Bonchev–Trinajstić information content (AvgIpc) is 2.29. The standard InChI is InChI=1S/C13H19NO2/c1-3-10-16-13(15)8-9-14-12-6-4-11(2)5-7-12/h4-7,14H,3,8-10H2,1-2H3. The van der Waals surface area contributed by atoms with Crippen molar-refractivity contribution in [2.45, 2.75) is 26.7 Å². The summed E-state index contributed by atoms with van der Waals surface area (Å²) in [5, 5.41) is 3.18. The van der Waals surface area contributed by atoms with Crippen LogP contribution in [0, 0.1) is 6.92 Å². The lowest BCUT2D eigenvalue weighted by Gasteiger charge is -2.06. The fourth-order valence-corrected chi connectivity index (χ4v) is 1.27. The number of nitrogens with one attached hydrogen (secondary N) is 1. The Labute approximate surface area is 96.8 Å². The predicted octanol–water partition coefficient (Wildman–Crippen LogP) is 2.75. The summed E-state index contributed by atoms with van der Waals surface area (Å²) in [5.41, 5.74) is 2.27. The van der Waals surface area contributed by atoms with Crippen LogP contribution < -0.4 is 5.32 Å². The van der Waals surface area contributed by atoms with E-state index in [1.165, 1.54) is 5.56 Å². The Morgan fingerprint density at radius 2 is 2.00 bits per heavy atom. The number of benzene rings is 1. The van der Waals surface area contributed by atoms with E-state index in [4.69, 9.17) is 4.74 Å². The molecule has 0 bridgehead atoms. The van der Waals surface area contributed by atoms with Gasteiger partial charge in [-0.2, -0.15) is 0 Å². The molecule has 0 saturated heterocycles. The van der Waals surface area contributed by atoms with Crippen LogP contribution in [0.25, 0.3) is 0 Å². The fraction of sp³-hybridized carbons (Fsp3) is 0.462. The molecule has 0 atom stereocenters. The van der Waals surface area contributed by atoms with Crippen molar-refractivity contribution in [3.63, 3.8) is 0 Å². The zero-order valence-electron chi connectivity index (χ0n) is 9.95. The largest absolute Gasteiger partial charge is 0.466 e. The molecule has 1 aromatic rings. The molecule has 3 heteroatoms. The summed E-state index contributed by atoms with van der Waals surface area (Å²) >= 11 is 0. The van der Waals surface area contributed by atoms with Gasteiger partial charge >= 0.3 is 5.97 Å². The topological polar surface area (TPSA) is 38.3 Å². The Morgan fingerprint density at radius 1 is 1.31 bits per heavy atom. The van der Waals surface area contributed by atoms with Crippen molar-refractivity contribution in [3.05, 3.63) is 29.8 Å². The number of aryl methyl sites for hydroxylation is 1. The van der Waals surface area contributed by atoms with Gasteiger partial charge in [-0.3, -0.25) is 4.79 Å². The molecule has 0 radical (unpaired) electrons. The van der Waals surface area contributed by atoms with Gasteiger partial charge in [0.25, 0.3) is 0 Å². The van der Waals surface area contributed by atoms with Crippen LogP contribution >= 0.6 is 0 Å². The number of esters is 1. The number of rotatable bonds is 6. The summed E-state index contributed by atoms with van der Waals surface area (Å²) < 4.78 is 4.97. The fourth-order valence-electron chi connectivity index (χ4n) is 1.27. The van der Waals surface area contributed by atoms with E-state index in [1.807, 2.05) is 38.1 Å². The number of anilines is 1. The van der Waals surface area contributed by atoms with Crippen LogP contribution in [-0.2, 0) is 9.53 Å². The van der Waals surface area contributed by atoms with Gasteiger partial charge in [-0.15, -0.1) is 0 Å². The lowest BCUT2D eigenvalue weighted by Crippen LogP contribution is -2.11. The highest BCUT2D eigenvalue weighted by Gasteiger charge is 2.01. The molecule has 0 saturated carbocycles. The molecular formula is C13H19NO2. The van der Waals surface area contributed by atoms with E-state index in [0.717, 1.165) is 12.1 Å². The van der Waals surface area contributed by atoms with E-state index in [1.54, 1.807) is 0 Å². The number of hydrogen-bond donors (Lipinski definition) is 1. The van der Waals surface area contributed by atoms with E-state index in [0.29, 0.717) is 19.6 Å². The second-order valence-corrected chi connectivity index (χ2v) is 3.76. The van der Waals surface area contributed by atoms with Crippen LogP contribution in [0.4, 0.5) is 5.69 Å². The highest BCUT2D eigenvalue weighted by atomic mass is 16.5. The molecule has 1 aromatic carbocycles. The molecule has 0 amide bonds. The number of hydrogen-bond acceptors (Lipinski definition) is 3. The maximum absolute atomic E-state index is 11.2. The first-order valence-corrected chi connectivity index (χ1v) is 5.68. The monoisotopic (exact) mass is 221 g/mol. The Kier molecular flexibility index (Phi) is 5.40. The number of ether oxygens (including phenoxy) is 1. The normalized spacial score (nSPS) is 9.88. The zero-order chi connectivity index (χ0) is 11.8. The van der Waals surface area contributed by atoms with Gasteiger partial charge < -0.3 is 10.1 Å². The second kappa shape index (κ2) is 6.88. The van der Waals surface area contributed by atoms with Gasteiger partial charge in [0.05, 0.1) is 13.0 Å². The van der Waals surface area contributed by atoms with Crippen molar-refractivity contribution in [3.8, 4) is 0 Å². The maximum atomic E-state index is 11.2. The molecule has 16 heavy (non-hydrogen) atoms. The van der Waals surface area contributed by atoms with Crippen molar-refractivity contribution in [2.75, 3.05) is 18.5 Å². The number of carbonyl (C=O) groups is 1. The highest BCUT2D eigenvalue weighted by Crippen LogP contribution is 2.08. The van der Waals surface area contributed by atoms with Crippen LogP contribution in [-0.4, -0.2) is 19.1 Å². The lowest BCUT2D eigenvalue weighted by atomic mass is 10.2. The van der Waals surface area contributed by atoms with Gasteiger partial charge in [-0.25, -0.2) is 0 Å². The van der Waals surface area contributed by atoms with Crippen molar-refractivity contribution in [1.29, 1.82) is 0 Å². The van der Waals surface area contributed by atoms with Crippen LogP contribution in [0.15, 0.2) is 24.3 Å². The van der Waals surface area contributed by atoms with Crippen molar-refractivity contribution >= 4 is 11.7 Å². The van der Waals surface area contributed by atoms with Crippen LogP contribution in [0.3, 0.4) is 0 Å². The van der Waals surface area contributed by atoms with E-state index in [9.17, 15) is 4.79 Å². The molecule has 0 heterocycles. The van der Waals surface area contributed by atoms with E-state index < -0.39 is 0 Å². The molecule has 0 aromatic heterocycles. The summed E-state index contributed by atoms with van der Waals surface area (Å²) in [5.74, 6) is -0.138. The van der Waals surface area contributed by atoms with E-state index in [-0.39, 0.29) is 5.97 Å². The Bertz CT molecular complexity index is 319. The quantitative estimate of drug-likeness (QED) is 0.751. The first kappa shape index (κ1) is 12.6.